The Morgan fingerprint density at radius 2 is 1.95 bits per heavy atom. The van der Waals surface area contributed by atoms with Crippen LogP contribution in [0.4, 0.5) is 22.4 Å². The molecule has 0 saturated carbocycles. The maximum absolute atomic E-state index is 13.2. The second-order valence-corrected chi connectivity index (χ2v) is 4.63. The number of guanidine groups is 1. The summed E-state index contributed by atoms with van der Waals surface area (Å²) in [5.74, 6) is -1.83. The van der Waals surface area contributed by atoms with Crippen molar-refractivity contribution in [1.82, 2.24) is 4.90 Å². The zero-order chi connectivity index (χ0) is 16.2. The van der Waals surface area contributed by atoms with E-state index >= 15 is 0 Å². The average molecular weight is 418 g/mol. The van der Waals surface area contributed by atoms with E-state index in [1.165, 1.54) is 0 Å². The number of hydrogen-bond donors (Lipinski definition) is 2. The first kappa shape index (κ1) is 17.5. The fourth-order valence-corrected chi connectivity index (χ4v) is 1.98. The minimum atomic E-state index is -4.81. The van der Waals surface area contributed by atoms with Crippen LogP contribution >= 0.6 is 22.6 Å². The highest BCUT2D eigenvalue weighted by atomic mass is 127. The molecule has 2 amide bonds. The van der Waals surface area contributed by atoms with Gasteiger partial charge in [-0.2, -0.15) is 18.2 Å². The van der Waals surface area contributed by atoms with Gasteiger partial charge in [0.25, 0.3) is 0 Å². The third kappa shape index (κ3) is 5.02. The van der Waals surface area contributed by atoms with Crippen LogP contribution in [0.15, 0.2) is 23.2 Å². The summed E-state index contributed by atoms with van der Waals surface area (Å²) in [5, 5.41) is 0. The topological polar surface area (TPSA) is 84.7 Å². The molecule has 0 radical (unpaired) electrons. The van der Waals surface area contributed by atoms with Crippen molar-refractivity contribution < 1.29 is 22.4 Å². The van der Waals surface area contributed by atoms with Gasteiger partial charge < -0.3 is 16.4 Å². The van der Waals surface area contributed by atoms with Crippen LogP contribution in [-0.4, -0.2) is 21.4 Å². The minimum Gasteiger partial charge on any atom is -0.370 e. The normalized spacial score (nSPS) is 11.1. The van der Waals surface area contributed by atoms with Crippen LogP contribution in [0.5, 0.6) is 0 Å². The largest absolute Gasteiger partial charge is 0.419 e. The van der Waals surface area contributed by atoms with E-state index < -0.39 is 29.5 Å². The molecule has 0 heterocycles. The van der Waals surface area contributed by atoms with Gasteiger partial charge in [0.2, 0.25) is 0 Å². The number of benzene rings is 1. The maximum Gasteiger partial charge on any atom is 0.419 e. The number of carbonyl (C=O) groups is 1. The quantitative estimate of drug-likeness (QED) is 0.198. The van der Waals surface area contributed by atoms with Crippen LogP contribution in [0.25, 0.3) is 0 Å². The van der Waals surface area contributed by atoms with E-state index in [1.807, 2.05) is 22.6 Å². The predicted octanol–water partition coefficient (Wildman–Crippen LogP) is 2.43. The molecular formula is C11H11F4IN4O. The number of aliphatic imine (C=N–C) groups is 1. The lowest BCUT2D eigenvalue weighted by molar-refractivity contribution is -0.140. The molecule has 0 spiro atoms. The molecule has 0 unspecified atom stereocenters. The zero-order valence-electron chi connectivity index (χ0n) is 10.5. The molecule has 4 N–H and O–H groups in total. The highest BCUT2D eigenvalue weighted by Gasteiger charge is 2.34. The first-order valence-electron chi connectivity index (χ1n) is 5.45. The Kier molecular flexibility index (Phi) is 5.75. The molecule has 0 aliphatic rings. The minimum absolute atomic E-state index is 0.111. The van der Waals surface area contributed by atoms with Gasteiger partial charge in [0.05, 0.1) is 10.1 Å². The summed E-state index contributed by atoms with van der Waals surface area (Å²) < 4.78 is 51.1. The van der Waals surface area contributed by atoms with E-state index in [1.54, 1.807) is 0 Å². The second kappa shape index (κ2) is 6.91. The number of nitrogens with two attached hydrogens (primary N) is 2. The van der Waals surface area contributed by atoms with E-state index in [9.17, 15) is 22.4 Å². The third-order valence-electron chi connectivity index (χ3n) is 2.35. The molecule has 0 bridgehead atoms. The molecule has 21 heavy (non-hydrogen) atoms. The van der Waals surface area contributed by atoms with Gasteiger partial charge in [0, 0.05) is 6.54 Å². The predicted molar refractivity (Wildman–Crippen MR) is 77.0 cm³/mol. The molecule has 0 aliphatic carbocycles. The Morgan fingerprint density at radius 3 is 2.43 bits per heavy atom. The number of alkyl halides is 4. The van der Waals surface area contributed by atoms with Crippen LogP contribution in [-0.2, 0) is 12.7 Å². The highest BCUT2D eigenvalue weighted by Crippen LogP contribution is 2.32. The summed E-state index contributed by atoms with van der Waals surface area (Å²) >= 11 is 1.83. The van der Waals surface area contributed by atoms with E-state index in [0.29, 0.717) is 12.1 Å². The molecular weight excluding hydrogens is 407 g/mol. The molecule has 1 aromatic rings. The average Bonchev–Trinajstić information content (AvgIpc) is 2.35. The summed E-state index contributed by atoms with van der Waals surface area (Å²) in [4.78, 5) is 16.0. The number of carbonyl (C=O) groups excluding carboxylic acids is 1. The molecule has 0 aliphatic heterocycles. The van der Waals surface area contributed by atoms with Crippen LogP contribution < -0.4 is 11.5 Å². The molecule has 1 aromatic carbocycles. The Labute approximate surface area is 131 Å². The number of urea groups is 1. The summed E-state index contributed by atoms with van der Waals surface area (Å²) in [7, 11) is 0. The fraction of sp³-hybridized carbons (Fsp3) is 0.273. The van der Waals surface area contributed by atoms with E-state index in [2.05, 4.69) is 4.99 Å². The molecule has 10 heteroatoms. The standard InChI is InChI=1S/C11H11F4IN4O/c12-8-2-1-6(3-7(8)11(13,14)15)4-20(5-16)10(21)19-9(17)18/h1-3H,4-5H2,(H4,17,18,19,21). The summed E-state index contributed by atoms with van der Waals surface area (Å²) in [5.41, 5.74) is 8.84. The Morgan fingerprint density at radius 1 is 1.33 bits per heavy atom. The fourth-order valence-electron chi connectivity index (χ4n) is 1.45. The molecule has 0 atom stereocenters. The molecule has 5 nitrogen and oxygen atoms in total. The summed E-state index contributed by atoms with van der Waals surface area (Å²) in [6, 6.07) is 1.72. The van der Waals surface area contributed by atoms with Gasteiger partial charge in [-0.3, -0.25) is 0 Å². The SMILES string of the molecule is NC(N)=NC(=O)N(CI)Cc1ccc(F)c(C(F)(F)F)c1. The zero-order valence-corrected chi connectivity index (χ0v) is 12.7. The molecule has 0 aromatic heterocycles. The Balaban J connectivity index is 3.02. The van der Waals surface area contributed by atoms with Gasteiger partial charge in [0.15, 0.2) is 5.96 Å². The van der Waals surface area contributed by atoms with Crippen LogP contribution in [0.2, 0.25) is 0 Å². The van der Waals surface area contributed by atoms with Gasteiger partial charge in [-0.05, 0) is 17.7 Å². The lowest BCUT2D eigenvalue weighted by atomic mass is 10.1. The molecule has 0 saturated heterocycles. The number of nitrogens with zero attached hydrogens (tertiary/aromatic N) is 2. The first-order valence-corrected chi connectivity index (χ1v) is 6.98. The molecule has 116 valence electrons. The first-order chi connectivity index (χ1) is 9.65. The van der Waals surface area contributed by atoms with Crippen molar-refractivity contribution in [2.75, 3.05) is 4.55 Å². The Bertz CT molecular complexity index is 558. The van der Waals surface area contributed by atoms with Crippen molar-refractivity contribution in [3.8, 4) is 0 Å². The number of rotatable bonds is 3. The van der Waals surface area contributed by atoms with Gasteiger partial charge in [0.1, 0.15) is 5.82 Å². The summed E-state index contributed by atoms with van der Waals surface area (Å²) in [6.07, 6.45) is -4.81. The smallest absolute Gasteiger partial charge is 0.370 e. The van der Waals surface area contributed by atoms with Crippen LogP contribution in [0.1, 0.15) is 11.1 Å². The van der Waals surface area contributed by atoms with Gasteiger partial charge in [-0.25, -0.2) is 9.18 Å². The molecule has 1 rings (SSSR count). The maximum atomic E-state index is 13.2. The van der Waals surface area contributed by atoms with E-state index in [0.717, 1.165) is 11.0 Å². The van der Waals surface area contributed by atoms with E-state index in [-0.39, 0.29) is 16.7 Å². The lowest BCUT2D eigenvalue weighted by Crippen LogP contribution is -2.31. The Hall–Kier alpha value is -1.59. The van der Waals surface area contributed by atoms with E-state index in [4.69, 9.17) is 11.5 Å². The van der Waals surface area contributed by atoms with Gasteiger partial charge in [-0.15, -0.1) is 0 Å². The monoisotopic (exact) mass is 418 g/mol. The van der Waals surface area contributed by atoms with Crippen LogP contribution in [0.3, 0.4) is 0 Å². The van der Waals surface area contributed by atoms with Gasteiger partial charge in [-0.1, -0.05) is 28.7 Å². The van der Waals surface area contributed by atoms with Crippen molar-refractivity contribution in [2.24, 2.45) is 16.5 Å². The second-order valence-electron chi connectivity index (χ2n) is 3.95. The van der Waals surface area contributed by atoms with Crippen LogP contribution in [0, 0.1) is 5.82 Å². The van der Waals surface area contributed by atoms with Crippen molar-refractivity contribution in [2.45, 2.75) is 12.7 Å². The number of hydrogen-bond acceptors (Lipinski definition) is 1. The van der Waals surface area contributed by atoms with Crippen molar-refractivity contribution >= 4 is 34.6 Å². The number of amides is 2. The number of halogens is 5. The van der Waals surface area contributed by atoms with Crippen molar-refractivity contribution in [3.63, 3.8) is 0 Å². The van der Waals surface area contributed by atoms with Crippen molar-refractivity contribution in [3.05, 3.63) is 35.1 Å². The van der Waals surface area contributed by atoms with Gasteiger partial charge >= 0.3 is 12.2 Å². The molecule has 0 fully saturated rings. The van der Waals surface area contributed by atoms with Crippen molar-refractivity contribution in [1.29, 1.82) is 0 Å². The lowest BCUT2D eigenvalue weighted by Gasteiger charge is -2.18. The highest BCUT2D eigenvalue weighted by molar-refractivity contribution is 14.1. The summed E-state index contributed by atoms with van der Waals surface area (Å²) in [6.45, 7) is -0.179. The third-order valence-corrected chi connectivity index (χ3v) is 3.17.